The number of para-hydroxylation sites is 1. The van der Waals surface area contributed by atoms with Crippen molar-refractivity contribution in [2.24, 2.45) is 0 Å². The van der Waals surface area contributed by atoms with Crippen molar-refractivity contribution >= 4 is 11.6 Å². The number of ether oxygens (including phenoxy) is 1. The van der Waals surface area contributed by atoms with E-state index in [0.717, 1.165) is 17.7 Å². The minimum Gasteiger partial charge on any atom is -0.436 e. The molecule has 1 atom stereocenters. The minimum atomic E-state index is 0.274. The van der Waals surface area contributed by atoms with Crippen molar-refractivity contribution in [1.82, 2.24) is 9.97 Å². The highest BCUT2D eigenvalue weighted by Gasteiger charge is 2.12. The summed E-state index contributed by atoms with van der Waals surface area (Å²) in [5.41, 5.74) is 1.15. The third-order valence-corrected chi connectivity index (χ3v) is 3.15. The summed E-state index contributed by atoms with van der Waals surface area (Å²) in [6.45, 7) is 4.32. The van der Waals surface area contributed by atoms with Gasteiger partial charge < -0.3 is 4.74 Å². The summed E-state index contributed by atoms with van der Waals surface area (Å²) in [5.74, 6) is 1.56. The normalized spacial score (nSPS) is 12.2. The lowest BCUT2D eigenvalue weighted by molar-refractivity contribution is 0.450. The van der Waals surface area contributed by atoms with Crippen LogP contribution in [0.25, 0.3) is 0 Å². The smallest absolute Gasteiger partial charge is 0.257 e. The first-order chi connectivity index (χ1) is 8.72. The van der Waals surface area contributed by atoms with E-state index in [9.17, 15) is 0 Å². The first-order valence-electron chi connectivity index (χ1n) is 5.95. The van der Waals surface area contributed by atoms with Crippen molar-refractivity contribution in [1.29, 1.82) is 0 Å². The lowest BCUT2D eigenvalue weighted by Crippen LogP contribution is -1.97. The molecular formula is C14H15ClN2O. The molecule has 0 aliphatic rings. The molecule has 94 valence electrons. The van der Waals surface area contributed by atoms with Crippen molar-refractivity contribution in [3.63, 3.8) is 0 Å². The molecule has 18 heavy (non-hydrogen) atoms. The van der Waals surface area contributed by atoms with Crippen LogP contribution in [0, 0.1) is 0 Å². The molecule has 1 aromatic carbocycles. The Bertz CT molecular complexity index is 531. The Morgan fingerprint density at radius 1 is 1.22 bits per heavy atom. The summed E-state index contributed by atoms with van der Waals surface area (Å²) in [6.07, 6.45) is 4.15. The summed E-state index contributed by atoms with van der Waals surface area (Å²) < 4.78 is 5.76. The molecule has 0 aliphatic carbocycles. The fraction of sp³-hybridized carbons (Fsp3) is 0.286. The van der Waals surface area contributed by atoms with E-state index in [1.165, 1.54) is 6.20 Å². The molecule has 4 heteroatoms. The van der Waals surface area contributed by atoms with Crippen molar-refractivity contribution in [2.75, 3.05) is 0 Å². The van der Waals surface area contributed by atoms with Gasteiger partial charge in [-0.1, -0.05) is 43.6 Å². The Balaban J connectivity index is 2.32. The number of benzene rings is 1. The largest absolute Gasteiger partial charge is 0.436 e. The van der Waals surface area contributed by atoms with E-state index >= 15 is 0 Å². The van der Waals surface area contributed by atoms with E-state index in [-0.39, 0.29) is 5.15 Å². The molecule has 0 bridgehead atoms. The topological polar surface area (TPSA) is 35.0 Å². The van der Waals surface area contributed by atoms with Crippen molar-refractivity contribution in [3.05, 3.63) is 47.4 Å². The van der Waals surface area contributed by atoms with Gasteiger partial charge in [-0.15, -0.1) is 0 Å². The first-order valence-corrected chi connectivity index (χ1v) is 6.33. The van der Waals surface area contributed by atoms with Crippen LogP contribution in [0.15, 0.2) is 36.7 Å². The SMILES string of the molecule is CCC(C)c1ccccc1Oc1nccnc1Cl. The molecule has 1 unspecified atom stereocenters. The van der Waals surface area contributed by atoms with Crippen LogP contribution in [-0.2, 0) is 0 Å². The van der Waals surface area contributed by atoms with E-state index in [2.05, 4.69) is 29.9 Å². The maximum Gasteiger partial charge on any atom is 0.257 e. The van der Waals surface area contributed by atoms with Crippen LogP contribution in [0.5, 0.6) is 11.6 Å². The average Bonchev–Trinajstić information content (AvgIpc) is 2.41. The second-order valence-electron chi connectivity index (χ2n) is 4.10. The summed E-state index contributed by atoms with van der Waals surface area (Å²) in [4.78, 5) is 8.03. The second kappa shape index (κ2) is 5.83. The molecule has 0 aliphatic heterocycles. The average molecular weight is 263 g/mol. The van der Waals surface area contributed by atoms with Crippen LogP contribution in [0.2, 0.25) is 5.15 Å². The molecule has 0 radical (unpaired) electrons. The zero-order chi connectivity index (χ0) is 13.0. The van der Waals surface area contributed by atoms with Crippen molar-refractivity contribution in [3.8, 4) is 11.6 Å². The van der Waals surface area contributed by atoms with Crippen LogP contribution in [0.1, 0.15) is 31.7 Å². The third kappa shape index (κ3) is 2.79. The fourth-order valence-electron chi connectivity index (χ4n) is 1.68. The number of rotatable bonds is 4. The molecule has 1 aromatic heterocycles. The lowest BCUT2D eigenvalue weighted by Gasteiger charge is -2.14. The van der Waals surface area contributed by atoms with Gasteiger partial charge in [0.1, 0.15) is 5.75 Å². The van der Waals surface area contributed by atoms with Crippen LogP contribution >= 0.6 is 11.6 Å². The molecule has 1 heterocycles. The number of halogens is 1. The summed E-state index contributed by atoms with van der Waals surface area (Å²) >= 11 is 5.94. The van der Waals surface area contributed by atoms with Gasteiger partial charge in [-0.05, 0) is 24.0 Å². The quantitative estimate of drug-likeness (QED) is 0.817. The Morgan fingerprint density at radius 3 is 2.67 bits per heavy atom. The molecule has 0 fully saturated rings. The van der Waals surface area contributed by atoms with Gasteiger partial charge in [0.15, 0.2) is 5.15 Å². The summed E-state index contributed by atoms with van der Waals surface area (Å²) in [7, 11) is 0. The third-order valence-electron chi connectivity index (χ3n) is 2.89. The predicted octanol–water partition coefficient (Wildman–Crippen LogP) is 4.44. The maximum absolute atomic E-state index is 5.94. The molecule has 3 nitrogen and oxygen atoms in total. The van der Waals surface area contributed by atoms with Crippen LogP contribution in [0.3, 0.4) is 0 Å². The molecule has 2 rings (SSSR count). The second-order valence-corrected chi connectivity index (χ2v) is 4.46. The fourth-order valence-corrected chi connectivity index (χ4v) is 1.83. The van der Waals surface area contributed by atoms with E-state index < -0.39 is 0 Å². The van der Waals surface area contributed by atoms with Gasteiger partial charge in [-0.2, -0.15) is 0 Å². The molecule has 0 spiro atoms. The number of aromatic nitrogens is 2. The van der Waals surface area contributed by atoms with Gasteiger partial charge in [-0.25, -0.2) is 9.97 Å². The van der Waals surface area contributed by atoms with Gasteiger partial charge in [0.2, 0.25) is 0 Å². The highest BCUT2D eigenvalue weighted by molar-refractivity contribution is 6.30. The Labute approximate surface area is 112 Å². The van der Waals surface area contributed by atoms with Crippen LogP contribution in [0.4, 0.5) is 0 Å². The van der Waals surface area contributed by atoms with Gasteiger partial charge >= 0.3 is 0 Å². The zero-order valence-electron chi connectivity index (χ0n) is 10.4. The summed E-state index contributed by atoms with van der Waals surface area (Å²) in [5, 5.41) is 0.274. The van der Waals surface area contributed by atoms with Gasteiger partial charge in [0.05, 0.1) is 0 Å². The lowest BCUT2D eigenvalue weighted by atomic mass is 9.98. The predicted molar refractivity (Wildman–Crippen MR) is 72.3 cm³/mol. The Kier molecular flexibility index (Phi) is 4.15. The first kappa shape index (κ1) is 12.8. The Hall–Kier alpha value is -1.61. The molecular weight excluding hydrogens is 248 g/mol. The molecule has 2 aromatic rings. The maximum atomic E-state index is 5.94. The Morgan fingerprint density at radius 2 is 1.94 bits per heavy atom. The van der Waals surface area contributed by atoms with E-state index in [0.29, 0.717) is 11.8 Å². The van der Waals surface area contributed by atoms with E-state index in [1.54, 1.807) is 6.20 Å². The van der Waals surface area contributed by atoms with Crippen molar-refractivity contribution < 1.29 is 4.74 Å². The number of hydrogen-bond donors (Lipinski definition) is 0. The van der Waals surface area contributed by atoms with Gasteiger partial charge in [-0.3, -0.25) is 0 Å². The molecule has 0 saturated carbocycles. The molecule has 0 amide bonds. The molecule has 0 saturated heterocycles. The van der Waals surface area contributed by atoms with E-state index in [4.69, 9.17) is 16.3 Å². The number of hydrogen-bond acceptors (Lipinski definition) is 3. The highest BCUT2D eigenvalue weighted by Crippen LogP contribution is 2.32. The van der Waals surface area contributed by atoms with Gasteiger partial charge in [0, 0.05) is 12.4 Å². The summed E-state index contributed by atoms with van der Waals surface area (Å²) in [6, 6.07) is 7.93. The standard InChI is InChI=1S/C14H15ClN2O/c1-3-10(2)11-6-4-5-7-12(11)18-14-13(15)16-8-9-17-14/h4-10H,3H2,1-2H3. The van der Waals surface area contributed by atoms with Crippen LogP contribution in [-0.4, -0.2) is 9.97 Å². The minimum absolute atomic E-state index is 0.274. The number of nitrogens with zero attached hydrogens (tertiary/aromatic N) is 2. The molecule has 0 N–H and O–H groups in total. The highest BCUT2D eigenvalue weighted by atomic mass is 35.5. The van der Waals surface area contributed by atoms with E-state index in [1.807, 2.05) is 18.2 Å². The zero-order valence-corrected chi connectivity index (χ0v) is 11.2. The van der Waals surface area contributed by atoms with Crippen LogP contribution < -0.4 is 4.74 Å². The van der Waals surface area contributed by atoms with Gasteiger partial charge in [0.25, 0.3) is 5.88 Å². The monoisotopic (exact) mass is 262 g/mol. The van der Waals surface area contributed by atoms with Crippen molar-refractivity contribution in [2.45, 2.75) is 26.2 Å².